The summed E-state index contributed by atoms with van der Waals surface area (Å²) in [7, 11) is 0. The first kappa shape index (κ1) is 14.2. The summed E-state index contributed by atoms with van der Waals surface area (Å²) in [6, 6.07) is 10.9. The van der Waals surface area contributed by atoms with E-state index in [9.17, 15) is 0 Å². The molecule has 0 aliphatic carbocycles. The van der Waals surface area contributed by atoms with Crippen LogP contribution < -0.4 is 0 Å². The average molecular weight is 345 g/mol. The molecule has 0 atom stereocenters. The van der Waals surface area contributed by atoms with Crippen molar-refractivity contribution < 1.29 is 8.83 Å². The van der Waals surface area contributed by atoms with Crippen molar-refractivity contribution in [3.05, 3.63) is 53.5 Å². The second kappa shape index (κ2) is 6.02. The van der Waals surface area contributed by atoms with Gasteiger partial charge in [-0.1, -0.05) is 23.4 Å². The molecule has 3 heterocycles. The second-order valence-electron chi connectivity index (χ2n) is 4.60. The number of rotatable bonds is 4. The molecule has 1 aromatic carbocycles. The van der Waals surface area contributed by atoms with Gasteiger partial charge >= 0.3 is 0 Å². The van der Waals surface area contributed by atoms with Crippen LogP contribution in [0, 0.1) is 0 Å². The van der Waals surface area contributed by atoms with E-state index in [4.69, 9.17) is 20.4 Å². The quantitative estimate of drug-likeness (QED) is 0.513. The monoisotopic (exact) mass is 344 g/mol. The molecule has 8 heteroatoms. The van der Waals surface area contributed by atoms with Crippen LogP contribution in [0.5, 0.6) is 0 Å². The Hall–Kier alpha value is -2.38. The van der Waals surface area contributed by atoms with E-state index >= 15 is 0 Å². The number of aromatic nitrogens is 4. The summed E-state index contributed by atoms with van der Waals surface area (Å²) < 4.78 is 11.2. The van der Waals surface area contributed by atoms with Crippen LogP contribution in [0.15, 0.2) is 56.7 Å². The lowest BCUT2D eigenvalue weighted by Crippen LogP contribution is -1.80. The lowest BCUT2D eigenvalue weighted by Gasteiger charge is -1.94. The predicted molar refractivity (Wildman–Crippen MR) is 86.1 cm³/mol. The number of halogens is 1. The summed E-state index contributed by atoms with van der Waals surface area (Å²) in [6.07, 6.45) is 1.68. The van der Waals surface area contributed by atoms with Crippen molar-refractivity contribution in [3.8, 4) is 11.5 Å². The standard InChI is InChI=1S/C15H9ClN4O2S/c16-10-5-3-9(4-6-10)14-20-19-12(22-14)8-23-15-18-13-11(21-15)2-1-7-17-13/h1-7H,8H2. The molecule has 4 aromatic rings. The highest BCUT2D eigenvalue weighted by molar-refractivity contribution is 7.98. The fourth-order valence-corrected chi connectivity index (χ4v) is 2.74. The van der Waals surface area contributed by atoms with Crippen molar-refractivity contribution >= 4 is 34.6 Å². The highest BCUT2D eigenvalue weighted by atomic mass is 35.5. The zero-order chi connectivity index (χ0) is 15.6. The van der Waals surface area contributed by atoms with Crippen molar-refractivity contribution in [1.82, 2.24) is 20.2 Å². The highest BCUT2D eigenvalue weighted by Crippen LogP contribution is 2.26. The Balaban J connectivity index is 1.48. The van der Waals surface area contributed by atoms with Crippen molar-refractivity contribution in [2.45, 2.75) is 11.0 Å². The molecule has 114 valence electrons. The largest absolute Gasteiger partial charge is 0.430 e. The van der Waals surface area contributed by atoms with Gasteiger partial charge in [0, 0.05) is 16.8 Å². The molecule has 4 rings (SSSR count). The second-order valence-corrected chi connectivity index (χ2v) is 5.96. The maximum atomic E-state index is 5.86. The van der Waals surface area contributed by atoms with Crippen molar-refractivity contribution in [2.75, 3.05) is 0 Å². The van der Waals surface area contributed by atoms with E-state index in [0.29, 0.717) is 39.0 Å². The Kier molecular flexibility index (Phi) is 3.72. The van der Waals surface area contributed by atoms with Gasteiger partial charge in [0.1, 0.15) is 0 Å². The molecule has 0 saturated heterocycles. The van der Waals surface area contributed by atoms with E-state index in [1.165, 1.54) is 11.8 Å². The van der Waals surface area contributed by atoms with E-state index in [2.05, 4.69) is 20.2 Å². The normalized spacial score (nSPS) is 11.2. The number of hydrogen-bond acceptors (Lipinski definition) is 7. The van der Waals surface area contributed by atoms with Gasteiger partial charge < -0.3 is 8.83 Å². The Morgan fingerprint density at radius 2 is 1.91 bits per heavy atom. The van der Waals surface area contributed by atoms with Crippen LogP contribution in [-0.2, 0) is 5.75 Å². The lowest BCUT2D eigenvalue weighted by molar-refractivity contribution is 0.486. The molecule has 0 radical (unpaired) electrons. The van der Waals surface area contributed by atoms with Gasteiger partial charge in [-0.05, 0) is 36.4 Å². The maximum Gasteiger partial charge on any atom is 0.258 e. The Labute approximate surface area is 139 Å². The molecule has 0 spiro atoms. The minimum absolute atomic E-state index is 0.455. The van der Waals surface area contributed by atoms with E-state index in [0.717, 1.165) is 5.56 Å². The zero-order valence-electron chi connectivity index (χ0n) is 11.6. The van der Waals surface area contributed by atoms with Crippen LogP contribution in [0.2, 0.25) is 5.02 Å². The first-order valence-corrected chi connectivity index (χ1v) is 8.07. The molecular formula is C15H9ClN4O2S. The van der Waals surface area contributed by atoms with Gasteiger partial charge in [0.25, 0.3) is 5.22 Å². The Morgan fingerprint density at radius 1 is 1.04 bits per heavy atom. The third kappa shape index (κ3) is 3.06. The Morgan fingerprint density at radius 3 is 2.74 bits per heavy atom. The summed E-state index contributed by atoms with van der Waals surface area (Å²) in [5, 5.41) is 9.24. The minimum Gasteiger partial charge on any atom is -0.430 e. The van der Waals surface area contributed by atoms with Crippen molar-refractivity contribution in [3.63, 3.8) is 0 Å². The third-order valence-electron chi connectivity index (χ3n) is 3.02. The van der Waals surface area contributed by atoms with E-state index in [1.54, 1.807) is 24.4 Å². The third-order valence-corrected chi connectivity index (χ3v) is 4.09. The van der Waals surface area contributed by atoms with Gasteiger partial charge in [0.15, 0.2) is 11.2 Å². The van der Waals surface area contributed by atoms with Crippen molar-refractivity contribution in [1.29, 1.82) is 0 Å². The molecule has 0 N–H and O–H groups in total. The summed E-state index contributed by atoms with van der Waals surface area (Å²) in [5.74, 6) is 1.42. The van der Waals surface area contributed by atoms with Crippen LogP contribution in [0.25, 0.3) is 22.7 Å². The van der Waals surface area contributed by atoms with Crippen LogP contribution in [0.3, 0.4) is 0 Å². The van der Waals surface area contributed by atoms with Gasteiger partial charge in [-0.15, -0.1) is 10.2 Å². The maximum absolute atomic E-state index is 5.86. The summed E-state index contributed by atoms with van der Waals surface area (Å²) in [4.78, 5) is 8.41. The van der Waals surface area contributed by atoms with Gasteiger partial charge in [0.05, 0.1) is 5.75 Å². The summed E-state index contributed by atoms with van der Waals surface area (Å²) in [6.45, 7) is 0. The molecule has 0 saturated carbocycles. The van der Waals surface area contributed by atoms with Crippen LogP contribution >= 0.6 is 23.4 Å². The topological polar surface area (TPSA) is 77.8 Å². The molecule has 0 unspecified atom stereocenters. The smallest absolute Gasteiger partial charge is 0.258 e. The van der Waals surface area contributed by atoms with Crippen molar-refractivity contribution in [2.24, 2.45) is 0 Å². The van der Waals surface area contributed by atoms with Crippen LogP contribution in [0.4, 0.5) is 0 Å². The first-order valence-electron chi connectivity index (χ1n) is 6.70. The molecule has 0 amide bonds. The molecule has 6 nitrogen and oxygen atoms in total. The summed E-state index contributed by atoms with van der Waals surface area (Å²) in [5.41, 5.74) is 2.06. The van der Waals surface area contributed by atoms with E-state index in [-0.39, 0.29) is 0 Å². The first-order chi connectivity index (χ1) is 11.3. The average Bonchev–Trinajstić information content (AvgIpc) is 3.20. The minimum atomic E-state index is 0.455. The number of fused-ring (bicyclic) bond motifs is 1. The molecule has 0 aliphatic heterocycles. The van der Waals surface area contributed by atoms with Crippen LogP contribution in [-0.4, -0.2) is 20.2 Å². The van der Waals surface area contributed by atoms with Crippen LogP contribution in [0.1, 0.15) is 5.89 Å². The van der Waals surface area contributed by atoms with Gasteiger partial charge in [-0.2, -0.15) is 4.98 Å². The molecule has 3 aromatic heterocycles. The number of hydrogen-bond donors (Lipinski definition) is 0. The molecular weight excluding hydrogens is 336 g/mol. The fourth-order valence-electron chi connectivity index (χ4n) is 1.96. The highest BCUT2D eigenvalue weighted by Gasteiger charge is 2.12. The summed E-state index contributed by atoms with van der Waals surface area (Å²) >= 11 is 7.24. The van der Waals surface area contributed by atoms with Gasteiger partial charge in [-0.25, -0.2) is 4.98 Å². The van der Waals surface area contributed by atoms with E-state index < -0.39 is 0 Å². The number of pyridine rings is 1. The molecule has 23 heavy (non-hydrogen) atoms. The molecule has 0 aliphatic rings. The number of oxazole rings is 1. The molecule has 0 bridgehead atoms. The zero-order valence-corrected chi connectivity index (χ0v) is 13.2. The predicted octanol–water partition coefficient (Wildman–Crippen LogP) is 4.22. The van der Waals surface area contributed by atoms with Gasteiger partial charge in [-0.3, -0.25) is 0 Å². The number of thioether (sulfide) groups is 1. The SMILES string of the molecule is Clc1ccc(-c2nnc(CSc3nc4ncccc4o3)o2)cc1. The van der Waals surface area contributed by atoms with Gasteiger partial charge in [0.2, 0.25) is 11.8 Å². The lowest BCUT2D eigenvalue weighted by atomic mass is 10.2. The number of benzene rings is 1. The fraction of sp³-hybridized carbons (Fsp3) is 0.0667. The Bertz CT molecular complexity index is 918. The van der Waals surface area contributed by atoms with E-state index in [1.807, 2.05) is 18.2 Å². The number of nitrogens with zero attached hydrogens (tertiary/aromatic N) is 4. The molecule has 0 fully saturated rings.